The number of rotatable bonds is 7. The Balaban J connectivity index is 2.09. The van der Waals surface area contributed by atoms with E-state index >= 15 is 0 Å². The Morgan fingerprint density at radius 2 is 1.64 bits per heavy atom. The summed E-state index contributed by atoms with van der Waals surface area (Å²) in [5.74, 6) is -1.08. The van der Waals surface area contributed by atoms with Crippen molar-refractivity contribution in [3.63, 3.8) is 0 Å². The minimum Gasteiger partial charge on any atom is -0.308 e. The molecule has 0 aliphatic carbocycles. The van der Waals surface area contributed by atoms with Gasteiger partial charge in [-0.25, -0.2) is 8.78 Å². The van der Waals surface area contributed by atoms with Crippen LogP contribution in [0.4, 0.5) is 8.78 Å². The van der Waals surface area contributed by atoms with Crippen LogP contribution in [-0.4, -0.2) is 42.0 Å². The normalized spacial score (nSPS) is 11.4. The first-order valence-corrected chi connectivity index (χ1v) is 7.24. The minimum absolute atomic E-state index is 0.497. The van der Waals surface area contributed by atoms with E-state index in [0.29, 0.717) is 18.7 Å². The van der Waals surface area contributed by atoms with Gasteiger partial charge >= 0.3 is 0 Å². The summed E-state index contributed by atoms with van der Waals surface area (Å²) in [5, 5.41) is 0. The Labute approximate surface area is 130 Å². The summed E-state index contributed by atoms with van der Waals surface area (Å²) < 4.78 is 26.7. The summed E-state index contributed by atoms with van der Waals surface area (Å²) >= 11 is 0. The third-order valence-electron chi connectivity index (χ3n) is 3.32. The van der Waals surface area contributed by atoms with Crippen LogP contribution in [0.2, 0.25) is 0 Å². The molecule has 1 heterocycles. The number of benzene rings is 1. The molecule has 0 fully saturated rings. The Hall–Kier alpha value is -1.85. The number of hydrogen-bond acceptors (Lipinski definition) is 3. The van der Waals surface area contributed by atoms with Crippen molar-refractivity contribution in [2.24, 2.45) is 0 Å². The summed E-state index contributed by atoms with van der Waals surface area (Å²) in [7, 11) is 4.01. The molecule has 0 unspecified atom stereocenters. The monoisotopic (exact) mass is 305 g/mol. The summed E-state index contributed by atoms with van der Waals surface area (Å²) in [6, 6.07) is 7.56. The third kappa shape index (κ3) is 5.50. The molecule has 5 heteroatoms. The van der Waals surface area contributed by atoms with E-state index in [0.717, 1.165) is 24.7 Å². The first-order chi connectivity index (χ1) is 10.5. The lowest BCUT2D eigenvalue weighted by Crippen LogP contribution is -2.31. The van der Waals surface area contributed by atoms with Gasteiger partial charge in [-0.2, -0.15) is 0 Å². The second-order valence-corrected chi connectivity index (χ2v) is 5.65. The fourth-order valence-electron chi connectivity index (χ4n) is 2.27. The molecule has 2 aromatic rings. The molecule has 0 aliphatic rings. The van der Waals surface area contributed by atoms with E-state index in [-0.39, 0.29) is 0 Å². The van der Waals surface area contributed by atoms with Gasteiger partial charge in [0.25, 0.3) is 0 Å². The summed E-state index contributed by atoms with van der Waals surface area (Å²) in [6.07, 6.45) is 3.55. The van der Waals surface area contributed by atoms with Crippen LogP contribution in [0.25, 0.3) is 0 Å². The van der Waals surface area contributed by atoms with Gasteiger partial charge in [0.05, 0.1) is 0 Å². The predicted octanol–water partition coefficient (Wildman–Crippen LogP) is 2.92. The topological polar surface area (TPSA) is 19.4 Å². The highest BCUT2D eigenvalue weighted by Gasteiger charge is 2.10. The van der Waals surface area contributed by atoms with E-state index in [1.165, 1.54) is 12.1 Å². The van der Waals surface area contributed by atoms with Gasteiger partial charge in [-0.15, -0.1) is 0 Å². The van der Waals surface area contributed by atoms with E-state index < -0.39 is 11.6 Å². The molecule has 1 aromatic heterocycles. The smallest absolute Gasteiger partial charge is 0.126 e. The average molecular weight is 305 g/mol. The van der Waals surface area contributed by atoms with Crippen LogP contribution >= 0.6 is 0 Å². The molecule has 2 rings (SSSR count). The Morgan fingerprint density at radius 3 is 2.23 bits per heavy atom. The predicted molar refractivity (Wildman–Crippen MR) is 83.3 cm³/mol. The van der Waals surface area contributed by atoms with Gasteiger partial charge in [0.2, 0.25) is 0 Å². The summed E-state index contributed by atoms with van der Waals surface area (Å²) in [5.41, 5.74) is 1.72. The molecule has 1 aromatic carbocycles. The molecular weight excluding hydrogens is 284 g/mol. The standard InChI is InChI=1S/C17H21F2N3/c1-21(2)6-7-22(12-14-4-3-5-20-11-14)13-15-8-16(18)10-17(19)9-15/h3-5,8-11H,6-7,12-13H2,1-2H3. The van der Waals surface area contributed by atoms with Crippen LogP contribution in [0.15, 0.2) is 42.7 Å². The maximum atomic E-state index is 13.3. The number of nitrogens with zero attached hydrogens (tertiary/aromatic N) is 3. The van der Waals surface area contributed by atoms with Crippen molar-refractivity contribution in [2.75, 3.05) is 27.2 Å². The fourth-order valence-corrected chi connectivity index (χ4v) is 2.27. The number of hydrogen-bond donors (Lipinski definition) is 0. The SMILES string of the molecule is CN(C)CCN(Cc1cccnc1)Cc1cc(F)cc(F)c1. The highest BCUT2D eigenvalue weighted by Crippen LogP contribution is 2.13. The Kier molecular flexibility index (Phi) is 5.98. The van der Waals surface area contributed by atoms with Crippen molar-refractivity contribution in [3.05, 3.63) is 65.5 Å². The van der Waals surface area contributed by atoms with Crippen LogP contribution in [0.5, 0.6) is 0 Å². The average Bonchev–Trinajstić information content (AvgIpc) is 2.44. The number of aromatic nitrogens is 1. The molecule has 0 radical (unpaired) electrons. The molecule has 118 valence electrons. The number of pyridine rings is 1. The van der Waals surface area contributed by atoms with E-state index in [9.17, 15) is 8.78 Å². The first-order valence-electron chi connectivity index (χ1n) is 7.24. The number of likely N-dealkylation sites (N-methyl/N-ethyl adjacent to an activating group) is 1. The lowest BCUT2D eigenvalue weighted by atomic mass is 10.2. The maximum absolute atomic E-state index is 13.3. The highest BCUT2D eigenvalue weighted by molar-refractivity contribution is 5.18. The van der Waals surface area contributed by atoms with Crippen molar-refractivity contribution in [2.45, 2.75) is 13.1 Å². The first kappa shape index (κ1) is 16.5. The van der Waals surface area contributed by atoms with Gasteiger partial charge in [0.1, 0.15) is 11.6 Å². The molecule has 0 aliphatic heterocycles. The van der Waals surface area contributed by atoms with Crippen LogP contribution in [0, 0.1) is 11.6 Å². The Bertz CT molecular complexity index is 567. The van der Waals surface area contributed by atoms with E-state index in [1.54, 1.807) is 6.20 Å². The van der Waals surface area contributed by atoms with Gasteiger partial charge in [-0.1, -0.05) is 6.07 Å². The van der Waals surface area contributed by atoms with Gasteiger partial charge in [0, 0.05) is 44.6 Å². The van der Waals surface area contributed by atoms with Crippen LogP contribution in [0.1, 0.15) is 11.1 Å². The number of halogens is 2. The van der Waals surface area contributed by atoms with Gasteiger partial charge < -0.3 is 4.90 Å². The van der Waals surface area contributed by atoms with Gasteiger partial charge in [0.15, 0.2) is 0 Å². The molecule has 3 nitrogen and oxygen atoms in total. The zero-order valence-corrected chi connectivity index (χ0v) is 13.0. The molecule has 22 heavy (non-hydrogen) atoms. The molecule has 0 atom stereocenters. The molecule has 0 bridgehead atoms. The fraction of sp³-hybridized carbons (Fsp3) is 0.353. The second-order valence-electron chi connectivity index (χ2n) is 5.65. The molecule has 0 spiro atoms. The maximum Gasteiger partial charge on any atom is 0.126 e. The summed E-state index contributed by atoms with van der Waals surface area (Å²) in [4.78, 5) is 8.35. The summed E-state index contributed by atoms with van der Waals surface area (Å²) in [6.45, 7) is 2.87. The van der Waals surface area contributed by atoms with Crippen LogP contribution in [-0.2, 0) is 13.1 Å². The molecular formula is C17H21F2N3. The van der Waals surface area contributed by atoms with E-state index in [2.05, 4.69) is 14.8 Å². The quantitative estimate of drug-likeness (QED) is 0.784. The van der Waals surface area contributed by atoms with Gasteiger partial charge in [-0.05, 0) is 43.4 Å². The molecule has 0 amide bonds. The third-order valence-corrected chi connectivity index (χ3v) is 3.32. The molecule has 0 N–H and O–H groups in total. The van der Waals surface area contributed by atoms with Crippen LogP contribution < -0.4 is 0 Å². The lowest BCUT2D eigenvalue weighted by molar-refractivity contribution is 0.225. The van der Waals surface area contributed by atoms with Crippen molar-refractivity contribution in [1.82, 2.24) is 14.8 Å². The van der Waals surface area contributed by atoms with Crippen molar-refractivity contribution in [3.8, 4) is 0 Å². The van der Waals surface area contributed by atoms with Gasteiger partial charge in [-0.3, -0.25) is 9.88 Å². The van der Waals surface area contributed by atoms with Crippen molar-refractivity contribution >= 4 is 0 Å². The van der Waals surface area contributed by atoms with Crippen LogP contribution in [0.3, 0.4) is 0 Å². The second kappa shape index (κ2) is 7.96. The largest absolute Gasteiger partial charge is 0.308 e. The van der Waals surface area contributed by atoms with Crippen molar-refractivity contribution < 1.29 is 8.78 Å². The molecule has 0 saturated heterocycles. The van der Waals surface area contributed by atoms with E-state index in [1.807, 2.05) is 32.4 Å². The Morgan fingerprint density at radius 1 is 0.955 bits per heavy atom. The highest BCUT2D eigenvalue weighted by atomic mass is 19.1. The zero-order chi connectivity index (χ0) is 15.9. The van der Waals surface area contributed by atoms with E-state index in [4.69, 9.17) is 0 Å². The zero-order valence-electron chi connectivity index (χ0n) is 13.0. The lowest BCUT2D eigenvalue weighted by Gasteiger charge is -2.24. The minimum atomic E-state index is -0.538. The molecule has 0 saturated carbocycles. The van der Waals surface area contributed by atoms with Crippen molar-refractivity contribution in [1.29, 1.82) is 0 Å².